The van der Waals surface area contributed by atoms with Gasteiger partial charge in [0, 0.05) is 24.3 Å². The quantitative estimate of drug-likeness (QED) is 0.818. The molecule has 0 aliphatic heterocycles. The molecule has 16 heavy (non-hydrogen) atoms. The third kappa shape index (κ3) is 2.43. The van der Waals surface area contributed by atoms with Crippen LogP contribution >= 0.6 is 0 Å². The van der Waals surface area contributed by atoms with Crippen molar-refractivity contribution in [1.29, 1.82) is 0 Å². The normalized spacial score (nSPS) is 23.7. The van der Waals surface area contributed by atoms with E-state index in [9.17, 15) is 0 Å². The minimum absolute atomic E-state index is 0.595. The van der Waals surface area contributed by atoms with Crippen LogP contribution in [0.2, 0.25) is 0 Å². The second-order valence-electron chi connectivity index (χ2n) is 4.67. The van der Waals surface area contributed by atoms with Gasteiger partial charge < -0.3 is 10.6 Å². The fourth-order valence-electron chi connectivity index (χ4n) is 2.05. The lowest BCUT2D eigenvalue weighted by atomic mass is 9.82. The molecule has 0 aromatic carbocycles. The molecule has 4 nitrogen and oxygen atoms in total. The monoisotopic (exact) mass is 220 g/mol. The number of rotatable bonds is 4. The number of anilines is 2. The summed E-state index contributed by atoms with van der Waals surface area (Å²) in [5, 5.41) is 6.62. The maximum absolute atomic E-state index is 4.48. The van der Waals surface area contributed by atoms with Crippen molar-refractivity contribution in [1.82, 2.24) is 9.97 Å². The van der Waals surface area contributed by atoms with Gasteiger partial charge in [-0.15, -0.1) is 0 Å². The highest BCUT2D eigenvalue weighted by atomic mass is 15.1. The molecule has 2 rings (SSSR count). The number of aromatic nitrogens is 2. The highest BCUT2D eigenvalue weighted by Crippen LogP contribution is 2.29. The number of nitrogens with one attached hydrogen (secondary N) is 2. The average Bonchev–Trinajstić information content (AvgIpc) is 2.21. The molecule has 1 saturated carbocycles. The minimum atomic E-state index is 0.595. The van der Waals surface area contributed by atoms with E-state index in [0.29, 0.717) is 12.0 Å². The van der Waals surface area contributed by atoms with Crippen molar-refractivity contribution in [2.45, 2.75) is 39.7 Å². The van der Waals surface area contributed by atoms with Crippen LogP contribution in [0, 0.1) is 12.8 Å². The zero-order chi connectivity index (χ0) is 11.5. The first kappa shape index (κ1) is 11.2. The molecular formula is C12H20N4. The first-order valence-corrected chi connectivity index (χ1v) is 6.03. The van der Waals surface area contributed by atoms with Crippen molar-refractivity contribution in [3.8, 4) is 0 Å². The fourth-order valence-corrected chi connectivity index (χ4v) is 2.05. The smallest absolute Gasteiger partial charge is 0.224 e. The Morgan fingerprint density at radius 1 is 1.44 bits per heavy atom. The Morgan fingerprint density at radius 2 is 2.19 bits per heavy atom. The van der Waals surface area contributed by atoms with Gasteiger partial charge in [-0.1, -0.05) is 6.92 Å². The van der Waals surface area contributed by atoms with Gasteiger partial charge >= 0.3 is 0 Å². The molecule has 2 N–H and O–H groups in total. The van der Waals surface area contributed by atoms with Crippen molar-refractivity contribution in [2.75, 3.05) is 17.2 Å². The van der Waals surface area contributed by atoms with E-state index in [0.717, 1.165) is 23.8 Å². The summed E-state index contributed by atoms with van der Waals surface area (Å²) in [6.45, 7) is 7.22. The minimum Gasteiger partial charge on any atom is -0.367 e. The van der Waals surface area contributed by atoms with Crippen LogP contribution in [0.3, 0.4) is 0 Å². The molecule has 1 aromatic rings. The maximum Gasteiger partial charge on any atom is 0.224 e. The Kier molecular flexibility index (Phi) is 3.27. The molecule has 1 aromatic heterocycles. The van der Waals surface area contributed by atoms with Crippen LogP contribution < -0.4 is 10.6 Å². The van der Waals surface area contributed by atoms with Crippen LogP contribution in [0.25, 0.3) is 0 Å². The van der Waals surface area contributed by atoms with Gasteiger partial charge in [0.05, 0.1) is 0 Å². The van der Waals surface area contributed by atoms with E-state index in [-0.39, 0.29) is 0 Å². The largest absolute Gasteiger partial charge is 0.367 e. The summed E-state index contributed by atoms with van der Waals surface area (Å²) in [6.07, 6.45) is 4.37. The second kappa shape index (κ2) is 4.68. The van der Waals surface area contributed by atoms with Gasteiger partial charge in [0.1, 0.15) is 5.82 Å². The number of hydrogen-bond acceptors (Lipinski definition) is 4. The molecule has 0 bridgehead atoms. The van der Waals surface area contributed by atoms with Gasteiger partial charge in [-0.05, 0) is 32.6 Å². The summed E-state index contributed by atoms with van der Waals surface area (Å²) >= 11 is 0. The molecule has 1 aliphatic rings. The van der Waals surface area contributed by atoms with E-state index in [2.05, 4.69) is 27.5 Å². The van der Waals surface area contributed by atoms with Crippen LogP contribution in [0.1, 0.15) is 32.3 Å². The van der Waals surface area contributed by atoms with Gasteiger partial charge in [0.15, 0.2) is 0 Å². The molecule has 1 aliphatic carbocycles. The lowest BCUT2D eigenvalue weighted by Crippen LogP contribution is -2.34. The Labute approximate surface area is 96.9 Å². The first-order chi connectivity index (χ1) is 7.69. The molecule has 0 spiro atoms. The van der Waals surface area contributed by atoms with Crippen LogP contribution in [0.4, 0.5) is 11.8 Å². The predicted molar refractivity (Wildman–Crippen MR) is 66.7 cm³/mol. The highest BCUT2D eigenvalue weighted by Gasteiger charge is 2.25. The SMILES string of the molecule is CCNc1ncc(C)c(NC2CC(C)C2)n1. The Morgan fingerprint density at radius 3 is 2.81 bits per heavy atom. The third-order valence-corrected chi connectivity index (χ3v) is 3.02. The zero-order valence-corrected chi connectivity index (χ0v) is 10.2. The number of hydrogen-bond donors (Lipinski definition) is 2. The summed E-state index contributed by atoms with van der Waals surface area (Å²) < 4.78 is 0. The molecule has 4 heteroatoms. The third-order valence-electron chi connectivity index (χ3n) is 3.02. The average molecular weight is 220 g/mol. The summed E-state index contributed by atoms with van der Waals surface area (Å²) in [6, 6.07) is 0.595. The van der Waals surface area contributed by atoms with E-state index in [1.165, 1.54) is 12.8 Å². The van der Waals surface area contributed by atoms with Gasteiger partial charge in [0.25, 0.3) is 0 Å². The molecule has 0 saturated heterocycles. The van der Waals surface area contributed by atoms with E-state index >= 15 is 0 Å². The van der Waals surface area contributed by atoms with Crippen molar-refractivity contribution in [3.63, 3.8) is 0 Å². The van der Waals surface area contributed by atoms with Crippen LogP contribution in [0.5, 0.6) is 0 Å². The van der Waals surface area contributed by atoms with Crippen molar-refractivity contribution < 1.29 is 0 Å². The molecule has 0 atom stereocenters. The van der Waals surface area contributed by atoms with E-state index in [4.69, 9.17) is 0 Å². The predicted octanol–water partition coefficient (Wildman–Crippen LogP) is 2.43. The fraction of sp³-hybridized carbons (Fsp3) is 0.667. The Balaban J connectivity index is 2.03. The zero-order valence-electron chi connectivity index (χ0n) is 10.2. The lowest BCUT2D eigenvalue weighted by molar-refractivity contribution is 0.308. The lowest BCUT2D eigenvalue weighted by Gasteiger charge is -2.34. The van der Waals surface area contributed by atoms with Gasteiger partial charge in [0.2, 0.25) is 5.95 Å². The standard InChI is InChI=1S/C12H20N4/c1-4-13-12-14-7-9(3)11(16-12)15-10-5-8(2)6-10/h7-8,10H,4-6H2,1-3H3,(H2,13,14,15,16). The van der Waals surface area contributed by atoms with E-state index in [1.54, 1.807) is 0 Å². The number of aryl methyl sites for hydroxylation is 1. The first-order valence-electron chi connectivity index (χ1n) is 6.03. The summed E-state index contributed by atoms with van der Waals surface area (Å²) in [7, 11) is 0. The second-order valence-corrected chi connectivity index (χ2v) is 4.67. The van der Waals surface area contributed by atoms with Crippen LogP contribution in [-0.4, -0.2) is 22.6 Å². The van der Waals surface area contributed by atoms with Crippen molar-refractivity contribution in [2.24, 2.45) is 5.92 Å². The molecule has 0 unspecified atom stereocenters. The molecule has 0 amide bonds. The Hall–Kier alpha value is -1.32. The molecule has 0 radical (unpaired) electrons. The summed E-state index contributed by atoms with van der Waals surface area (Å²) in [5.74, 6) is 2.54. The van der Waals surface area contributed by atoms with Crippen molar-refractivity contribution >= 4 is 11.8 Å². The molecule has 1 fully saturated rings. The van der Waals surface area contributed by atoms with Crippen LogP contribution in [0.15, 0.2) is 6.20 Å². The van der Waals surface area contributed by atoms with Gasteiger partial charge in [-0.25, -0.2) is 4.98 Å². The topological polar surface area (TPSA) is 49.8 Å². The van der Waals surface area contributed by atoms with Gasteiger partial charge in [-0.2, -0.15) is 4.98 Å². The summed E-state index contributed by atoms with van der Waals surface area (Å²) in [4.78, 5) is 8.71. The van der Waals surface area contributed by atoms with Crippen LogP contribution in [-0.2, 0) is 0 Å². The van der Waals surface area contributed by atoms with Gasteiger partial charge in [-0.3, -0.25) is 0 Å². The Bertz CT molecular complexity index is 358. The molecular weight excluding hydrogens is 200 g/mol. The molecule has 88 valence electrons. The highest BCUT2D eigenvalue weighted by molar-refractivity contribution is 5.47. The summed E-state index contributed by atoms with van der Waals surface area (Å²) in [5.41, 5.74) is 1.11. The van der Waals surface area contributed by atoms with Crippen molar-refractivity contribution in [3.05, 3.63) is 11.8 Å². The molecule has 1 heterocycles. The number of nitrogens with zero attached hydrogens (tertiary/aromatic N) is 2. The van der Waals surface area contributed by atoms with E-state index < -0.39 is 0 Å². The van der Waals surface area contributed by atoms with E-state index in [1.807, 2.05) is 20.0 Å². The maximum atomic E-state index is 4.48.